The molecule has 4 nitrogen and oxygen atoms in total. The second-order valence-electron chi connectivity index (χ2n) is 4.59. The molecule has 0 bridgehead atoms. The molecule has 7 heteroatoms. The molecule has 3 rings (SSSR count). The minimum atomic E-state index is -0.392. The van der Waals surface area contributed by atoms with Crippen molar-refractivity contribution in [3.05, 3.63) is 53.6 Å². The average molecular weight is 374 g/mol. The van der Waals surface area contributed by atoms with Gasteiger partial charge in [0.25, 0.3) is 5.69 Å². The van der Waals surface area contributed by atoms with Gasteiger partial charge >= 0.3 is 0 Å². The van der Waals surface area contributed by atoms with E-state index >= 15 is 0 Å². The Hall–Kier alpha value is -1.11. The number of hydrogen-bond donors (Lipinski definition) is 1. The summed E-state index contributed by atoms with van der Waals surface area (Å²) < 4.78 is 1.28. The van der Waals surface area contributed by atoms with E-state index in [-0.39, 0.29) is 11.7 Å². The molecular formula is C13H10BrClN2O2S. The Morgan fingerprint density at radius 3 is 3.00 bits per heavy atom. The minimum Gasteiger partial charge on any atom is -0.378 e. The molecule has 1 aliphatic carbocycles. The Bertz CT molecular complexity index is 689. The summed E-state index contributed by atoms with van der Waals surface area (Å²) in [7, 11) is 0. The summed E-state index contributed by atoms with van der Waals surface area (Å²) in [5.41, 5.74) is 2.03. The molecule has 2 aromatic rings. The van der Waals surface area contributed by atoms with Crippen LogP contribution in [0.15, 0.2) is 28.7 Å². The molecular weight excluding hydrogens is 364 g/mol. The topological polar surface area (TPSA) is 55.2 Å². The van der Waals surface area contributed by atoms with E-state index in [0.29, 0.717) is 4.47 Å². The second-order valence-corrected chi connectivity index (χ2v) is 7.21. The molecule has 0 saturated carbocycles. The predicted octanol–water partition coefficient (Wildman–Crippen LogP) is 5.17. The fourth-order valence-corrected chi connectivity index (χ4v) is 4.17. The van der Waals surface area contributed by atoms with Crippen LogP contribution in [-0.2, 0) is 6.42 Å². The molecule has 1 aromatic heterocycles. The molecule has 0 aliphatic heterocycles. The zero-order valence-corrected chi connectivity index (χ0v) is 13.4. The smallest absolute Gasteiger partial charge is 0.285 e. The van der Waals surface area contributed by atoms with Crippen LogP contribution < -0.4 is 5.32 Å². The number of nitrogens with one attached hydrogen (secondary N) is 1. The molecule has 1 aromatic carbocycles. The van der Waals surface area contributed by atoms with E-state index in [1.807, 2.05) is 12.1 Å². The molecule has 1 atom stereocenters. The third-order valence-corrected chi connectivity index (χ3v) is 5.34. The third kappa shape index (κ3) is 2.55. The SMILES string of the molecule is O=[N+]([O-])c1cc(NC2CCc3sc(Cl)cc32)ccc1Br. The molecule has 0 fully saturated rings. The second kappa shape index (κ2) is 5.35. The van der Waals surface area contributed by atoms with Gasteiger partial charge in [0.15, 0.2) is 0 Å². The van der Waals surface area contributed by atoms with Gasteiger partial charge in [-0.2, -0.15) is 0 Å². The van der Waals surface area contributed by atoms with E-state index in [2.05, 4.69) is 21.2 Å². The van der Waals surface area contributed by atoms with Crippen molar-refractivity contribution >= 4 is 50.2 Å². The molecule has 0 spiro atoms. The van der Waals surface area contributed by atoms with Crippen LogP contribution in [0.1, 0.15) is 22.9 Å². The fraction of sp³-hybridized carbons (Fsp3) is 0.231. The summed E-state index contributed by atoms with van der Waals surface area (Å²) >= 11 is 10.8. The maximum absolute atomic E-state index is 10.9. The van der Waals surface area contributed by atoms with Crippen LogP contribution in [0.4, 0.5) is 11.4 Å². The molecule has 104 valence electrons. The van der Waals surface area contributed by atoms with Crippen LogP contribution in [0, 0.1) is 10.1 Å². The van der Waals surface area contributed by atoms with E-state index in [1.54, 1.807) is 23.5 Å². The molecule has 0 saturated heterocycles. The lowest BCUT2D eigenvalue weighted by Gasteiger charge is -2.14. The summed E-state index contributed by atoms with van der Waals surface area (Å²) in [6.07, 6.45) is 1.99. The van der Waals surface area contributed by atoms with Crippen LogP contribution in [-0.4, -0.2) is 4.92 Å². The molecule has 20 heavy (non-hydrogen) atoms. The Labute approximate surface area is 133 Å². The van der Waals surface area contributed by atoms with Crippen LogP contribution in [0.5, 0.6) is 0 Å². The van der Waals surface area contributed by atoms with Crippen molar-refractivity contribution in [2.75, 3.05) is 5.32 Å². The Balaban J connectivity index is 1.86. The number of nitro groups is 1. The van der Waals surface area contributed by atoms with E-state index in [4.69, 9.17) is 11.6 Å². The highest BCUT2D eigenvalue weighted by Crippen LogP contribution is 2.41. The highest BCUT2D eigenvalue weighted by Gasteiger charge is 2.25. The normalized spacial score (nSPS) is 17.0. The van der Waals surface area contributed by atoms with Gasteiger partial charge in [-0.05, 0) is 52.5 Å². The first-order valence-corrected chi connectivity index (χ1v) is 8.02. The van der Waals surface area contributed by atoms with Crippen molar-refractivity contribution in [3.8, 4) is 0 Å². The first-order chi connectivity index (χ1) is 9.54. The molecule has 1 unspecified atom stereocenters. The van der Waals surface area contributed by atoms with Gasteiger partial charge in [0.1, 0.15) is 0 Å². The van der Waals surface area contributed by atoms with Crippen LogP contribution in [0.3, 0.4) is 0 Å². The molecule has 0 radical (unpaired) electrons. The van der Waals surface area contributed by atoms with Gasteiger partial charge in [-0.3, -0.25) is 10.1 Å². The van der Waals surface area contributed by atoms with E-state index in [0.717, 1.165) is 22.9 Å². The maximum Gasteiger partial charge on any atom is 0.285 e. The lowest BCUT2D eigenvalue weighted by molar-refractivity contribution is -0.385. The van der Waals surface area contributed by atoms with Crippen molar-refractivity contribution in [1.82, 2.24) is 0 Å². The monoisotopic (exact) mass is 372 g/mol. The van der Waals surface area contributed by atoms with Gasteiger partial charge in [-0.25, -0.2) is 0 Å². The van der Waals surface area contributed by atoms with Gasteiger partial charge in [0, 0.05) is 16.6 Å². The third-order valence-electron chi connectivity index (χ3n) is 3.33. The van der Waals surface area contributed by atoms with E-state index in [1.165, 1.54) is 10.4 Å². The highest BCUT2D eigenvalue weighted by atomic mass is 79.9. The van der Waals surface area contributed by atoms with Gasteiger partial charge in [-0.1, -0.05) is 11.6 Å². The number of fused-ring (bicyclic) bond motifs is 1. The van der Waals surface area contributed by atoms with Crippen molar-refractivity contribution in [1.29, 1.82) is 0 Å². The number of thiophene rings is 1. The van der Waals surface area contributed by atoms with Crippen molar-refractivity contribution < 1.29 is 4.92 Å². The molecule has 1 aliphatic rings. The number of benzene rings is 1. The predicted molar refractivity (Wildman–Crippen MR) is 84.8 cm³/mol. The van der Waals surface area contributed by atoms with Gasteiger partial charge in [0.2, 0.25) is 0 Å². The molecule has 1 heterocycles. The number of nitro benzene ring substituents is 1. The maximum atomic E-state index is 10.9. The number of anilines is 1. The highest BCUT2D eigenvalue weighted by molar-refractivity contribution is 9.10. The molecule has 1 N–H and O–H groups in total. The first-order valence-electron chi connectivity index (χ1n) is 6.03. The summed E-state index contributed by atoms with van der Waals surface area (Å²) in [6.45, 7) is 0. The molecule has 0 amide bonds. The lowest BCUT2D eigenvalue weighted by Crippen LogP contribution is -2.06. The summed E-state index contributed by atoms with van der Waals surface area (Å²) in [4.78, 5) is 11.9. The van der Waals surface area contributed by atoms with Gasteiger partial charge in [0.05, 0.1) is 19.8 Å². The summed E-state index contributed by atoms with van der Waals surface area (Å²) in [5, 5.41) is 14.3. The number of hydrogen-bond acceptors (Lipinski definition) is 4. The first kappa shape index (κ1) is 13.9. The van der Waals surface area contributed by atoms with Crippen molar-refractivity contribution in [2.45, 2.75) is 18.9 Å². The fourth-order valence-electron chi connectivity index (χ4n) is 2.42. The Kier molecular flexibility index (Phi) is 3.70. The summed E-state index contributed by atoms with van der Waals surface area (Å²) in [6, 6.07) is 7.24. The van der Waals surface area contributed by atoms with E-state index < -0.39 is 4.92 Å². The van der Waals surface area contributed by atoms with Gasteiger partial charge in [-0.15, -0.1) is 11.3 Å². The zero-order valence-electron chi connectivity index (χ0n) is 10.2. The van der Waals surface area contributed by atoms with Crippen molar-refractivity contribution in [2.24, 2.45) is 0 Å². The number of halogens is 2. The van der Waals surface area contributed by atoms with Crippen LogP contribution in [0.2, 0.25) is 4.34 Å². The largest absolute Gasteiger partial charge is 0.378 e. The zero-order chi connectivity index (χ0) is 14.3. The lowest BCUT2D eigenvalue weighted by atomic mass is 10.1. The van der Waals surface area contributed by atoms with Gasteiger partial charge < -0.3 is 5.32 Å². The van der Waals surface area contributed by atoms with Crippen LogP contribution >= 0.6 is 38.9 Å². The minimum absolute atomic E-state index is 0.0663. The Morgan fingerprint density at radius 2 is 2.25 bits per heavy atom. The summed E-state index contributed by atoms with van der Waals surface area (Å²) in [5.74, 6) is 0. The average Bonchev–Trinajstić information content (AvgIpc) is 2.92. The quantitative estimate of drug-likeness (QED) is 0.596. The van der Waals surface area contributed by atoms with Crippen LogP contribution in [0.25, 0.3) is 0 Å². The number of nitrogens with zero attached hydrogens (tertiary/aromatic N) is 1. The van der Waals surface area contributed by atoms with E-state index in [9.17, 15) is 10.1 Å². The number of rotatable bonds is 3. The Morgan fingerprint density at radius 1 is 1.45 bits per heavy atom. The number of aryl methyl sites for hydroxylation is 1. The van der Waals surface area contributed by atoms with Crippen molar-refractivity contribution in [3.63, 3.8) is 0 Å². The standard InChI is InChI=1S/C13H10BrClN2O2S/c14-9-2-1-7(5-11(9)17(18)19)16-10-3-4-12-8(10)6-13(15)20-12/h1-2,5-6,10,16H,3-4H2.